The van der Waals surface area contributed by atoms with E-state index in [-0.39, 0.29) is 29.1 Å². The van der Waals surface area contributed by atoms with Crippen molar-refractivity contribution >= 4 is 27.6 Å². The monoisotopic (exact) mass is 407 g/mol. The lowest BCUT2D eigenvalue weighted by molar-refractivity contribution is 0.0981. The quantitative estimate of drug-likeness (QED) is 0.672. The van der Waals surface area contributed by atoms with Crippen molar-refractivity contribution in [1.29, 1.82) is 0 Å². The number of ether oxygens (including phenoxy) is 1. The summed E-state index contributed by atoms with van der Waals surface area (Å²) in [6.45, 7) is 3.78. The molecule has 0 bridgehead atoms. The summed E-state index contributed by atoms with van der Waals surface area (Å²) in [6.07, 6.45) is 4.43. The number of carbonyl (C=O) groups excluding carboxylic acids is 1. The molecular weight excluding hydrogens is 382 g/mol. The first kappa shape index (κ1) is 20.1. The van der Waals surface area contributed by atoms with Gasteiger partial charge in [-0.25, -0.2) is 18.2 Å². The van der Waals surface area contributed by atoms with Crippen molar-refractivity contribution in [2.45, 2.75) is 56.1 Å². The van der Waals surface area contributed by atoms with Crippen LogP contribution in [-0.4, -0.2) is 48.1 Å². The molecule has 0 spiro atoms. The van der Waals surface area contributed by atoms with Gasteiger partial charge in [0.25, 0.3) is 0 Å². The fourth-order valence-corrected chi connectivity index (χ4v) is 3.72. The third-order valence-electron chi connectivity index (χ3n) is 4.52. The van der Waals surface area contributed by atoms with Gasteiger partial charge in [0.15, 0.2) is 15.7 Å². The first-order chi connectivity index (χ1) is 13.2. The highest BCUT2D eigenvalue weighted by Gasteiger charge is 2.30. The number of carbonyl (C=O) groups is 1. The lowest BCUT2D eigenvalue weighted by Crippen LogP contribution is -2.33. The Balaban J connectivity index is 1.56. The third kappa shape index (κ3) is 5.22. The van der Waals surface area contributed by atoms with Crippen molar-refractivity contribution in [2.75, 3.05) is 11.6 Å². The molecule has 2 atom stereocenters. The number of hydrogen-bond acceptors (Lipinski definition) is 7. The summed E-state index contributed by atoms with van der Waals surface area (Å²) in [5, 5.41) is 13.0. The van der Waals surface area contributed by atoms with Gasteiger partial charge in [0.1, 0.15) is 11.9 Å². The van der Waals surface area contributed by atoms with E-state index in [1.165, 1.54) is 12.3 Å². The molecule has 1 aliphatic rings. The molecular formula is C18H25N5O4S. The number of alkyl carbamates (subject to hydrolysis) is 1. The zero-order valence-electron chi connectivity index (χ0n) is 16.1. The van der Waals surface area contributed by atoms with E-state index in [1.54, 1.807) is 6.07 Å². The summed E-state index contributed by atoms with van der Waals surface area (Å²) in [4.78, 5) is 16.0. The Labute approximate surface area is 164 Å². The summed E-state index contributed by atoms with van der Waals surface area (Å²) in [6, 6.07) is 5.04. The van der Waals surface area contributed by atoms with E-state index >= 15 is 0 Å². The van der Waals surface area contributed by atoms with Crippen molar-refractivity contribution in [1.82, 2.24) is 20.5 Å². The SMILES string of the molecule is CC(C)NC(=O)OC1CCC(c2cc(Nc3ccc(S(C)(=O)=O)cn3)n[nH]2)C1. The number of rotatable bonds is 6. The molecule has 152 valence electrons. The molecule has 1 aliphatic carbocycles. The fraction of sp³-hybridized carbons (Fsp3) is 0.500. The van der Waals surface area contributed by atoms with Gasteiger partial charge in [0.05, 0.1) is 4.90 Å². The van der Waals surface area contributed by atoms with Crippen LogP contribution < -0.4 is 10.6 Å². The number of nitrogens with one attached hydrogen (secondary N) is 3. The molecule has 1 amide bonds. The van der Waals surface area contributed by atoms with Crippen LogP contribution in [0.2, 0.25) is 0 Å². The van der Waals surface area contributed by atoms with Gasteiger partial charge in [0.2, 0.25) is 0 Å². The molecule has 3 N–H and O–H groups in total. The fourth-order valence-electron chi connectivity index (χ4n) is 3.17. The first-order valence-corrected chi connectivity index (χ1v) is 11.1. The van der Waals surface area contributed by atoms with Gasteiger partial charge in [0, 0.05) is 36.2 Å². The molecule has 2 unspecified atom stereocenters. The second-order valence-electron chi connectivity index (χ2n) is 7.32. The number of amides is 1. The maximum absolute atomic E-state index is 11.7. The molecule has 3 rings (SSSR count). The van der Waals surface area contributed by atoms with Crippen molar-refractivity contribution in [2.24, 2.45) is 0 Å². The molecule has 2 aromatic rings. The van der Waals surface area contributed by atoms with Gasteiger partial charge < -0.3 is 15.4 Å². The topological polar surface area (TPSA) is 126 Å². The predicted molar refractivity (Wildman–Crippen MR) is 104 cm³/mol. The third-order valence-corrected chi connectivity index (χ3v) is 5.62. The highest BCUT2D eigenvalue weighted by atomic mass is 32.2. The molecule has 0 radical (unpaired) electrons. The van der Waals surface area contributed by atoms with Crippen molar-refractivity contribution in [3.05, 3.63) is 30.1 Å². The van der Waals surface area contributed by atoms with Crippen LogP contribution in [0.15, 0.2) is 29.3 Å². The minimum atomic E-state index is -3.27. The van der Waals surface area contributed by atoms with Gasteiger partial charge in [-0.3, -0.25) is 5.10 Å². The lowest BCUT2D eigenvalue weighted by Gasteiger charge is -2.14. The van der Waals surface area contributed by atoms with E-state index in [0.29, 0.717) is 11.6 Å². The first-order valence-electron chi connectivity index (χ1n) is 9.16. The summed E-state index contributed by atoms with van der Waals surface area (Å²) in [5.41, 5.74) is 0.964. The molecule has 9 nitrogen and oxygen atoms in total. The highest BCUT2D eigenvalue weighted by Crippen LogP contribution is 2.36. The van der Waals surface area contributed by atoms with E-state index < -0.39 is 9.84 Å². The van der Waals surface area contributed by atoms with Crippen molar-refractivity contribution in [3.8, 4) is 0 Å². The van der Waals surface area contributed by atoms with Gasteiger partial charge in [-0.1, -0.05) is 0 Å². The zero-order chi connectivity index (χ0) is 20.3. The predicted octanol–water partition coefficient (Wildman–Crippen LogP) is 2.72. The Morgan fingerprint density at radius 3 is 2.71 bits per heavy atom. The number of anilines is 2. The number of aromatic amines is 1. The van der Waals surface area contributed by atoms with Crippen LogP contribution in [0.5, 0.6) is 0 Å². The number of pyridine rings is 1. The normalized spacial score (nSPS) is 19.6. The Morgan fingerprint density at radius 2 is 2.07 bits per heavy atom. The number of nitrogens with zero attached hydrogens (tertiary/aromatic N) is 2. The zero-order valence-corrected chi connectivity index (χ0v) is 16.9. The number of H-pyrrole nitrogens is 1. The Hall–Kier alpha value is -2.62. The van der Waals surface area contributed by atoms with E-state index in [4.69, 9.17) is 4.74 Å². The van der Waals surface area contributed by atoms with Crippen LogP contribution in [-0.2, 0) is 14.6 Å². The molecule has 10 heteroatoms. The maximum Gasteiger partial charge on any atom is 0.407 e. The summed E-state index contributed by atoms with van der Waals surface area (Å²) >= 11 is 0. The molecule has 0 saturated heterocycles. The number of aromatic nitrogens is 3. The molecule has 28 heavy (non-hydrogen) atoms. The Morgan fingerprint density at radius 1 is 1.29 bits per heavy atom. The van der Waals surface area contributed by atoms with Gasteiger partial charge >= 0.3 is 6.09 Å². The lowest BCUT2D eigenvalue weighted by atomic mass is 10.0. The van der Waals surface area contributed by atoms with Gasteiger partial charge in [-0.05, 0) is 45.2 Å². The van der Waals surface area contributed by atoms with E-state index in [2.05, 4.69) is 25.8 Å². The highest BCUT2D eigenvalue weighted by molar-refractivity contribution is 7.90. The Kier molecular flexibility index (Phi) is 5.87. The Bertz CT molecular complexity index is 924. The van der Waals surface area contributed by atoms with E-state index in [1.807, 2.05) is 19.9 Å². The van der Waals surface area contributed by atoms with E-state index in [0.717, 1.165) is 31.2 Å². The molecule has 0 aromatic carbocycles. The molecule has 2 heterocycles. The molecule has 0 aliphatic heterocycles. The van der Waals surface area contributed by atoms with Crippen molar-refractivity contribution in [3.63, 3.8) is 0 Å². The standard InChI is InChI=1S/C18H25N5O4S/c1-11(2)20-18(24)27-13-5-4-12(8-13)15-9-17(23-22-15)21-16-7-6-14(10-19-16)28(3,25)26/h6-7,9-13H,4-5,8H2,1-3H3,(H,20,24)(H2,19,21,22,23). The van der Waals surface area contributed by atoms with Crippen molar-refractivity contribution < 1.29 is 17.9 Å². The second-order valence-corrected chi connectivity index (χ2v) is 9.34. The summed E-state index contributed by atoms with van der Waals surface area (Å²) < 4.78 is 28.4. The van der Waals surface area contributed by atoms with Crippen LogP contribution >= 0.6 is 0 Å². The average molecular weight is 407 g/mol. The molecule has 2 aromatic heterocycles. The van der Waals surface area contributed by atoms with Crippen LogP contribution in [0.25, 0.3) is 0 Å². The van der Waals surface area contributed by atoms with Crippen LogP contribution in [0.3, 0.4) is 0 Å². The van der Waals surface area contributed by atoms with Crippen LogP contribution in [0.1, 0.15) is 44.7 Å². The van der Waals surface area contributed by atoms with Gasteiger partial charge in [-0.2, -0.15) is 5.10 Å². The largest absolute Gasteiger partial charge is 0.446 e. The minimum Gasteiger partial charge on any atom is -0.446 e. The van der Waals surface area contributed by atoms with Gasteiger partial charge in [-0.15, -0.1) is 0 Å². The number of sulfone groups is 1. The van der Waals surface area contributed by atoms with Crippen LogP contribution in [0.4, 0.5) is 16.4 Å². The maximum atomic E-state index is 11.7. The summed E-state index contributed by atoms with van der Waals surface area (Å²) in [7, 11) is -3.27. The second kappa shape index (κ2) is 8.17. The average Bonchev–Trinajstić information content (AvgIpc) is 3.23. The smallest absolute Gasteiger partial charge is 0.407 e. The number of hydrogen-bond donors (Lipinski definition) is 3. The van der Waals surface area contributed by atoms with E-state index in [9.17, 15) is 13.2 Å². The molecule has 1 fully saturated rings. The van der Waals surface area contributed by atoms with Crippen LogP contribution in [0, 0.1) is 0 Å². The molecule has 1 saturated carbocycles. The minimum absolute atomic E-state index is 0.0473. The summed E-state index contributed by atoms with van der Waals surface area (Å²) in [5.74, 6) is 1.33.